The Morgan fingerprint density at radius 1 is 1.17 bits per heavy atom. The summed E-state index contributed by atoms with van der Waals surface area (Å²) in [5.74, 6) is -0.445. The maximum absolute atomic E-state index is 12.0. The second-order valence-electron chi connectivity index (χ2n) is 6.62. The predicted octanol–water partition coefficient (Wildman–Crippen LogP) is 2.23. The van der Waals surface area contributed by atoms with Crippen molar-refractivity contribution in [1.29, 1.82) is 0 Å². The standard InChI is InChI=1S/C17H25N3O4/c1-17(2,3)24-16(22)19-13-9-12(15(21)23-4)10-14(11-13)20-7-5-18-6-8-20/h9-11,18H,5-8H2,1-4H3,(H,19,22). The Morgan fingerprint density at radius 3 is 2.42 bits per heavy atom. The lowest BCUT2D eigenvalue weighted by Crippen LogP contribution is -2.43. The molecule has 1 aliphatic rings. The number of nitrogens with one attached hydrogen (secondary N) is 2. The van der Waals surface area contributed by atoms with E-state index >= 15 is 0 Å². The quantitative estimate of drug-likeness (QED) is 0.825. The van der Waals surface area contributed by atoms with Crippen molar-refractivity contribution >= 4 is 23.4 Å². The summed E-state index contributed by atoms with van der Waals surface area (Å²) in [4.78, 5) is 26.1. The number of rotatable bonds is 3. The molecule has 7 nitrogen and oxygen atoms in total. The van der Waals surface area contributed by atoms with E-state index in [2.05, 4.69) is 15.5 Å². The molecule has 0 radical (unpaired) electrons. The second kappa shape index (κ2) is 7.53. The molecule has 1 amide bonds. The number of hydrogen-bond acceptors (Lipinski definition) is 6. The average Bonchev–Trinajstić information content (AvgIpc) is 2.52. The number of anilines is 2. The van der Waals surface area contributed by atoms with Crippen LogP contribution in [0.2, 0.25) is 0 Å². The number of ether oxygens (including phenoxy) is 2. The fourth-order valence-electron chi connectivity index (χ4n) is 2.45. The lowest BCUT2D eigenvalue weighted by atomic mass is 10.1. The van der Waals surface area contributed by atoms with Gasteiger partial charge in [-0.15, -0.1) is 0 Å². The monoisotopic (exact) mass is 335 g/mol. The molecule has 2 rings (SSSR count). The first-order valence-corrected chi connectivity index (χ1v) is 7.97. The third-order valence-electron chi connectivity index (χ3n) is 3.47. The van der Waals surface area contributed by atoms with Crippen LogP contribution in [0.25, 0.3) is 0 Å². The van der Waals surface area contributed by atoms with Crippen LogP contribution in [0.15, 0.2) is 18.2 Å². The summed E-state index contributed by atoms with van der Waals surface area (Å²) in [6, 6.07) is 5.19. The molecule has 1 fully saturated rings. The Kier molecular flexibility index (Phi) is 5.66. The maximum atomic E-state index is 12.0. The number of amides is 1. The average molecular weight is 335 g/mol. The number of esters is 1. The molecule has 0 aliphatic carbocycles. The molecule has 0 saturated carbocycles. The van der Waals surface area contributed by atoms with Crippen LogP contribution in [-0.2, 0) is 9.47 Å². The van der Waals surface area contributed by atoms with Gasteiger partial charge in [0.1, 0.15) is 5.60 Å². The molecular formula is C17H25N3O4. The van der Waals surface area contributed by atoms with Crippen molar-refractivity contribution in [1.82, 2.24) is 5.32 Å². The van der Waals surface area contributed by atoms with Crippen LogP contribution in [0.4, 0.5) is 16.2 Å². The van der Waals surface area contributed by atoms with E-state index in [1.165, 1.54) is 7.11 Å². The zero-order valence-electron chi connectivity index (χ0n) is 14.6. The number of benzene rings is 1. The van der Waals surface area contributed by atoms with Crippen molar-refractivity contribution in [3.8, 4) is 0 Å². The summed E-state index contributed by atoms with van der Waals surface area (Å²) < 4.78 is 10.1. The topological polar surface area (TPSA) is 79.9 Å². The summed E-state index contributed by atoms with van der Waals surface area (Å²) in [5.41, 5.74) is 1.16. The van der Waals surface area contributed by atoms with Crippen LogP contribution < -0.4 is 15.5 Å². The van der Waals surface area contributed by atoms with Crippen LogP contribution in [-0.4, -0.2) is 51.0 Å². The van der Waals surface area contributed by atoms with Crippen LogP contribution >= 0.6 is 0 Å². The molecule has 1 aromatic rings. The SMILES string of the molecule is COC(=O)c1cc(NC(=O)OC(C)(C)C)cc(N2CCNCC2)c1. The van der Waals surface area contributed by atoms with Gasteiger partial charge in [-0.25, -0.2) is 9.59 Å². The zero-order valence-corrected chi connectivity index (χ0v) is 14.6. The first kappa shape index (κ1) is 18.1. The zero-order chi connectivity index (χ0) is 17.7. The Labute approximate surface area is 142 Å². The minimum atomic E-state index is -0.592. The van der Waals surface area contributed by atoms with Gasteiger partial charge in [-0.1, -0.05) is 0 Å². The third kappa shape index (κ3) is 5.13. The Morgan fingerprint density at radius 2 is 1.83 bits per heavy atom. The minimum Gasteiger partial charge on any atom is -0.465 e. The summed E-state index contributed by atoms with van der Waals surface area (Å²) in [6.07, 6.45) is -0.559. The van der Waals surface area contributed by atoms with Crippen molar-refractivity contribution in [2.24, 2.45) is 0 Å². The van der Waals surface area contributed by atoms with Gasteiger partial charge in [0.25, 0.3) is 0 Å². The van der Waals surface area contributed by atoms with Gasteiger partial charge in [0.15, 0.2) is 0 Å². The maximum Gasteiger partial charge on any atom is 0.412 e. The molecule has 0 unspecified atom stereocenters. The summed E-state index contributed by atoms with van der Waals surface area (Å²) in [5, 5.41) is 5.97. The first-order chi connectivity index (χ1) is 11.3. The van der Waals surface area contributed by atoms with Gasteiger partial charge in [-0.05, 0) is 39.0 Å². The Balaban J connectivity index is 2.25. The lowest BCUT2D eigenvalue weighted by Gasteiger charge is -2.30. The molecule has 1 heterocycles. The van der Waals surface area contributed by atoms with E-state index in [1.807, 2.05) is 6.07 Å². The summed E-state index contributed by atoms with van der Waals surface area (Å²) in [7, 11) is 1.33. The van der Waals surface area contributed by atoms with Gasteiger partial charge in [0.2, 0.25) is 0 Å². The minimum absolute atomic E-state index is 0.389. The van der Waals surface area contributed by atoms with E-state index in [9.17, 15) is 9.59 Å². The molecule has 7 heteroatoms. The third-order valence-corrected chi connectivity index (χ3v) is 3.47. The molecule has 0 spiro atoms. The van der Waals surface area contributed by atoms with Crippen molar-refractivity contribution < 1.29 is 19.1 Å². The smallest absolute Gasteiger partial charge is 0.412 e. The first-order valence-electron chi connectivity index (χ1n) is 7.97. The van der Waals surface area contributed by atoms with Crippen molar-refractivity contribution in [2.75, 3.05) is 43.5 Å². The second-order valence-corrected chi connectivity index (χ2v) is 6.62. The molecule has 1 aliphatic heterocycles. The molecular weight excluding hydrogens is 310 g/mol. The van der Waals surface area contributed by atoms with Gasteiger partial charge < -0.3 is 19.7 Å². The number of hydrogen-bond donors (Lipinski definition) is 2. The normalized spacial score (nSPS) is 14.9. The summed E-state index contributed by atoms with van der Waals surface area (Å²) >= 11 is 0. The van der Waals surface area contributed by atoms with E-state index in [4.69, 9.17) is 9.47 Å². The van der Waals surface area contributed by atoms with Crippen molar-refractivity contribution in [2.45, 2.75) is 26.4 Å². The fourth-order valence-corrected chi connectivity index (χ4v) is 2.45. The Bertz CT molecular complexity index is 604. The molecule has 1 saturated heterocycles. The molecule has 2 N–H and O–H groups in total. The molecule has 0 bridgehead atoms. The lowest BCUT2D eigenvalue weighted by molar-refractivity contribution is 0.0596. The summed E-state index contributed by atoms with van der Waals surface area (Å²) in [6.45, 7) is 8.79. The van der Waals surface area contributed by atoms with Crippen LogP contribution in [0.1, 0.15) is 31.1 Å². The van der Waals surface area contributed by atoms with Gasteiger partial charge in [0, 0.05) is 37.6 Å². The largest absolute Gasteiger partial charge is 0.465 e. The van der Waals surface area contributed by atoms with E-state index < -0.39 is 17.7 Å². The van der Waals surface area contributed by atoms with Gasteiger partial charge in [0.05, 0.1) is 12.7 Å². The van der Waals surface area contributed by atoms with E-state index in [0.717, 1.165) is 31.9 Å². The van der Waals surface area contributed by atoms with E-state index in [0.29, 0.717) is 11.3 Å². The molecule has 24 heavy (non-hydrogen) atoms. The van der Waals surface area contributed by atoms with Gasteiger partial charge in [-0.2, -0.15) is 0 Å². The highest BCUT2D eigenvalue weighted by Crippen LogP contribution is 2.24. The van der Waals surface area contributed by atoms with E-state index in [1.54, 1.807) is 32.9 Å². The van der Waals surface area contributed by atoms with Gasteiger partial charge in [-0.3, -0.25) is 5.32 Å². The highest BCUT2D eigenvalue weighted by Gasteiger charge is 2.19. The molecule has 0 aromatic heterocycles. The van der Waals surface area contributed by atoms with Crippen LogP contribution in [0, 0.1) is 0 Å². The van der Waals surface area contributed by atoms with E-state index in [-0.39, 0.29) is 0 Å². The fraction of sp³-hybridized carbons (Fsp3) is 0.529. The van der Waals surface area contributed by atoms with Gasteiger partial charge >= 0.3 is 12.1 Å². The highest BCUT2D eigenvalue weighted by molar-refractivity contribution is 5.94. The molecule has 0 atom stereocenters. The number of methoxy groups -OCH3 is 1. The van der Waals surface area contributed by atoms with Crippen LogP contribution in [0.3, 0.4) is 0 Å². The Hall–Kier alpha value is -2.28. The van der Waals surface area contributed by atoms with Crippen LogP contribution in [0.5, 0.6) is 0 Å². The van der Waals surface area contributed by atoms with Crippen molar-refractivity contribution in [3.63, 3.8) is 0 Å². The molecule has 132 valence electrons. The number of carbonyl (C=O) groups is 2. The van der Waals surface area contributed by atoms with Crippen molar-refractivity contribution in [3.05, 3.63) is 23.8 Å². The highest BCUT2D eigenvalue weighted by atomic mass is 16.6. The number of piperazine rings is 1. The number of carbonyl (C=O) groups excluding carboxylic acids is 2. The predicted molar refractivity (Wildman–Crippen MR) is 92.7 cm³/mol. The molecule has 1 aromatic carbocycles. The number of nitrogens with zero attached hydrogens (tertiary/aromatic N) is 1.